The van der Waals surface area contributed by atoms with Crippen molar-refractivity contribution in [2.24, 2.45) is 7.05 Å². The molecule has 0 spiro atoms. The number of aromatic nitrogens is 5. The van der Waals surface area contributed by atoms with E-state index in [2.05, 4.69) is 35.8 Å². The van der Waals surface area contributed by atoms with E-state index in [0.717, 1.165) is 54.0 Å². The van der Waals surface area contributed by atoms with Crippen LogP contribution in [0.5, 0.6) is 0 Å². The molecule has 4 rings (SSSR count). The van der Waals surface area contributed by atoms with Gasteiger partial charge in [-0.2, -0.15) is 5.10 Å². The van der Waals surface area contributed by atoms with Crippen LogP contribution >= 0.6 is 0 Å². The Kier molecular flexibility index (Phi) is 5.27. The summed E-state index contributed by atoms with van der Waals surface area (Å²) in [5.41, 5.74) is 2.26. The maximum atomic E-state index is 12.2. The van der Waals surface area contributed by atoms with E-state index in [1.54, 1.807) is 17.1 Å². The van der Waals surface area contributed by atoms with Gasteiger partial charge in [0.15, 0.2) is 5.82 Å². The van der Waals surface area contributed by atoms with Gasteiger partial charge in [-0.25, -0.2) is 4.79 Å². The Morgan fingerprint density at radius 2 is 1.90 bits per heavy atom. The van der Waals surface area contributed by atoms with Crippen molar-refractivity contribution in [1.29, 1.82) is 0 Å². The molecule has 3 aromatic rings. The summed E-state index contributed by atoms with van der Waals surface area (Å²) in [6, 6.07) is 5.89. The smallest absolute Gasteiger partial charge is 0.315 e. The molecule has 3 aromatic heterocycles. The summed E-state index contributed by atoms with van der Waals surface area (Å²) >= 11 is 0. The lowest BCUT2D eigenvalue weighted by atomic mass is 10.0. The van der Waals surface area contributed by atoms with Crippen molar-refractivity contribution in [3.8, 4) is 11.4 Å². The molecule has 1 aliphatic rings. The number of carbonyl (C=O) groups excluding carboxylic acids is 1. The molecule has 1 aliphatic heterocycles. The zero-order chi connectivity index (χ0) is 21.3. The Morgan fingerprint density at radius 1 is 1.13 bits per heavy atom. The largest absolute Gasteiger partial charge is 0.353 e. The predicted octanol–water partition coefficient (Wildman–Crippen LogP) is 2.49. The highest BCUT2D eigenvalue weighted by Gasteiger charge is 2.25. The molecule has 0 radical (unpaired) electrons. The van der Waals surface area contributed by atoms with Gasteiger partial charge in [-0.1, -0.05) is 0 Å². The van der Waals surface area contributed by atoms with Crippen LogP contribution in [0.25, 0.3) is 22.3 Å². The molecule has 1 saturated heterocycles. The van der Waals surface area contributed by atoms with E-state index < -0.39 is 0 Å². The SMILES string of the molecule is Cn1nccc1-c1nnc(N2CCC(NC(=O)NC(C)(C)C)CC2)c2ncccc12. The van der Waals surface area contributed by atoms with Crippen LogP contribution in [0, 0.1) is 0 Å². The number of pyridine rings is 1. The Bertz CT molecular complexity index is 1050. The Labute approximate surface area is 175 Å². The van der Waals surface area contributed by atoms with E-state index >= 15 is 0 Å². The summed E-state index contributed by atoms with van der Waals surface area (Å²) in [7, 11) is 1.89. The van der Waals surface area contributed by atoms with Crippen LogP contribution in [0.2, 0.25) is 0 Å². The van der Waals surface area contributed by atoms with Crippen LogP contribution in [0.3, 0.4) is 0 Å². The molecule has 30 heavy (non-hydrogen) atoms. The van der Waals surface area contributed by atoms with E-state index in [1.807, 2.05) is 46.0 Å². The van der Waals surface area contributed by atoms with Gasteiger partial charge < -0.3 is 15.5 Å². The monoisotopic (exact) mass is 408 g/mol. The molecule has 1 fully saturated rings. The van der Waals surface area contributed by atoms with Gasteiger partial charge in [0.2, 0.25) is 0 Å². The number of fused-ring (bicyclic) bond motifs is 1. The van der Waals surface area contributed by atoms with Gasteiger partial charge in [-0.3, -0.25) is 9.67 Å². The quantitative estimate of drug-likeness (QED) is 0.691. The van der Waals surface area contributed by atoms with Crippen molar-refractivity contribution in [2.75, 3.05) is 18.0 Å². The van der Waals surface area contributed by atoms with Crippen LogP contribution in [-0.4, -0.2) is 55.7 Å². The highest BCUT2D eigenvalue weighted by molar-refractivity contribution is 5.97. The van der Waals surface area contributed by atoms with Crippen LogP contribution < -0.4 is 15.5 Å². The summed E-state index contributed by atoms with van der Waals surface area (Å²) in [4.78, 5) is 19.0. The van der Waals surface area contributed by atoms with E-state index in [4.69, 9.17) is 0 Å². The van der Waals surface area contributed by atoms with Crippen molar-refractivity contribution in [2.45, 2.75) is 45.2 Å². The fourth-order valence-electron chi connectivity index (χ4n) is 3.78. The van der Waals surface area contributed by atoms with E-state index in [1.165, 1.54) is 0 Å². The molecule has 0 saturated carbocycles. The third kappa shape index (κ3) is 4.19. The van der Waals surface area contributed by atoms with Gasteiger partial charge in [-0.05, 0) is 51.8 Å². The fourth-order valence-corrected chi connectivity index (χ4v) is 3.78. The summed E-state index contributed by atoms with van der Waals surface area (Å²) < 4.78 is 1.79. The predicted molar refractivity (Wildman–Crippen MR) is 116 cm³/mol. The minimum Gasteiger partial charge on any atom is -0.353 e. The second kappa shape index (κ2) is 7.89. The molecule has 0 bridgehead atoms. The third-order valence-corrected chi connectivity index (χ3v) is 5.20. The zero-order valence-corrected chi connectivity index (χ0v) is 17.9. The van der Waals surface area contributed by atoms with Crippen molar-refractivity contribution in [1.82, 2.24) is 35.6 Å². The van der Waals surface area contributed by atoms with E-state index in [9.17, 15) is 4.79 Å². The van der Waals surface area contributed by atoms with Gasteiger partial charge in [0.25, 0.3) is 0 Å². The molecule has 2 amide bonds. The Hall–Kier alpha value is -3.23. The van der Waals surface area contributed by atoms with Gasteiger partial charge in [0.1, 0.15) is 11.2 Å². The first kappa shape index (κ1) is 20.1. The molecule has 0 aliphatic carbocycles. The van der Waals surface area contributed by atoms with Crippen molar-refractivity contribution >= 4 is 22.8 Å². The molecule has 0 atom stereocenters. The molecular formula is C21H28N8O. The normalized spacial score (nSPS) is 15.4. The minimum atomic E-state index is -0.249. The van der Waals surface area contributed by atoms with E-state index in [-0.39, 0.29) is 17.6 Å². The summed E-state index contributed by atoms with van der Waals surface area (Å²) in [5.74, 6) is 0.786. The number of nitrogens with one attached hydrogen (secondary N) is 2. The molecule has 2 N–H and O–H groups in total. The number of anilines is 1. The minimum absolute atomic E-state index is 0.117. The first-order valence-electron chi connectivity index (χ1n) is 10.3. The second-order valence-corrected chi connectivity index (χ2v) is 8.72. The number of amides is 2. The highest BCUT2D eigenvalue weighted by atomic mass is 16.2. The van der Waals surface area contributed by atoms with Gasteiger partial charge >= 0.3 is 6.03 Å². The maximum Gasteiger partial charge on any atom is 0.315 e. The number of hydrogen-bond donors (Lipinski definition) is 2. The lowest BCUT2D eigenvalue weighted by Crippen LogP contribution is -2.52. The average molecular weight is 409 g/mol. The number of urea groups is 1. The molecule has 9 nitrogen and oxygen atoms in total. The van der Waals surface area contributed by atoms with Gasteiger partial charge in [-0.15, -0.1) is 10.2 Å². The summed E-state index contributed by atoms with van der Waals surface area (Å²) in [5, 5.41) is 20.3. The molecule has 4 heterocycles. The number of hydrogen-bond acceptors (Lipinski definition) is 6. The lowest BCUT2D eigenvalue weighted by Gasteiger charge is -2.34. The molecule has 0 unspecified atom stereocenters. The number of rotatable bonds is 3. The number of carbonyl (C=O) groups is 1. The van der Waals surface area contributed by atoms with Gasteiger partial charge in [0, 0.05) is 49.5 Å². The summed E-state index contributed by atoms with van der Waals surface area (Å²) in [6.07, 6.45) is 5.22. The van der Waals surface area contributed by atoms with Crippen LogP contribution in [0.1, 0.15) is 33.6 Å². The standard InChI is InChI=1S/C21H28N8O/c1-21(2,3)25-20(30)24-14-8-12-29(13-9-14)19-18-15(6-5-10-22-18)17(26-27-19)16-7-11-23-28(16)4/h5-7,10-11,14H,8-9,12-13H2,1-4H3,(H2,24,25,30). The van der Waals surface area contributed by atoms with Crippen molar-refractivity contribution in [3.63, 3.8) is 0 Å². The molecule has 0 aromatic carbocycles. The van der Waals surface area contributed by atoms with Crippen molar-refractivity contribution < 1.29 is 4.79 Å². The topological polar surface area (TPSA) is 101 Å². The average Bonchev–Trinajstić information content (AvgIpc) is 3.12. The van der Waals surface area contributed by atoms with Gasteiger partial charge in [0.05, 0.1) is 5.69 Å². The molecule has 9 heteroatoms. The Balaban J connectivity index is 1.52. The van der Waals surface area contributed by atoms with Crippen LogP contribution in [0.15, 0.2) is 30.6 Å². The zero-order valence-electron chi connectivity index (χ0n) is 17.9. The summed E-state index contributed by atoms with van der Waals surface area (Å²) in [6.45, 7) is 7.49. The molecular weight excluding hydrogens is 380 g/mol. The van der Waals surface area contributed by atoms with Crippen LogP contribution in [-0.2, 0) is 7.05 Å². The Morgan fingerprint density at radius 3 is 2.57 bits per heavy atom. The van der Waals surface area contributed by atoms with E-state index in [0.29, 0.717) is 0 Å². The maximum absolute atomic E-state index is 12.2. The third-order valence-electron chi connectivity index (χ3n) is 5.20. The first-order valence-corrected chi connectivity index (χ1v) is 10.3. The van der Waals surface area contributed by atoms with Crippen LogP contribution in [0.4, 0.5) is 10.6 Å². The number of piperidine rings is 1. The number of nitrogens with zero attached hydrogens (tertiary/aromatic N) is 6. The molecule has 158 valence electrons. The second-order valence-electron chi connectivity index (χ2n) is 8.72. The fraction of sp³-hybridized carbons (Fsp3) is 0.476. The lowest BCUT2D eigenvalue weighted by molar-refractivity contribution is 0.225. The highest BCUT2D eigenvalue weighted by Crippen LogP contribution is 2.30. The van der Waals surface area contributed by atoms with Crippen molar-refractivity contribution in [3.05, 3.63) is 30.6 Å². The first-order chi connectivity index (χ1) is 14.3. The number of aryl methyl sites for hydroxylation is 1.